The Morgan fingerprint density at radius 3 is 2.43 bits per heavy atom. The molecule has 23 heavy (non-hydrogen) atoms. The number of hydrogen-bond acceptors (Lipinski definition) is 3. The highest BCUT2D eigenvalue weighted by Gasteiger charge is 2.34. The monoisotopic (exact) mass is 323 g/mol. The van der Waals surface area contributed by atoms with E-state index in [9.17, 15) is 9.59 Å². The number of benzene rings is 2. The lowest BCUT2D eigenvalue weighted by Gasteiger charge is -2.30. The van der Waals surface area contributed by atoms with Crippen LogP contribution in [0.4, 0.5) is 5.69 Å². The van der Waals surface area contributed by atoms with Crippen LogP contribution in [-0.2, 0) is 11.3 Å². The quantitative estimate of drug-likeness (QED) is 0.629. The Labute approximate surface area is 140 Å². The van der Waals surface area contributed by atoms with Crippen LogP contribution in [0.3, 0.4) is 0 Å². The number of thioether (sulfide) groups is 1. The second-order valence-corrected chi connectivity index (χ2v) is 6.36. The molecule has 3 rings (SSSR count). The third kappa shape index (κ3) is 3.08. The van der Waals surface area contributed by atoms with E-state index in [2.05, 4.69) is 0 Å². The number of anilines is 1. The average Bonchev–Trinajstić information content (AvgIpc) is 2.59. The molecule has 0 bridgehead atoms. The summed E-state index contributed by atoms with van der Waals surface area (Å²) in [5.41, 5.74) is 2.56. The third-order valence-electron chi connectivity index (χ3n) is 3.71. The van der Waals surface area contributed by atoms with Gasteiger partial charge in [-0.3, -0.25) is 9.59 Å². The summed E-state index contributed by atoms with van der Waals surface area (Å²) in [6.45, 7) is 2.45. The second-order valence-electron chi connectivity index (χ2n) is 5.21. The molecule has 0 aromatic heterocycles. The van der Waals surface area contributed by atoms with E-state index < -0.39 is 0 Å². The van der Waals surface area contributed by atoms with Crippen LogP contribution < -0.4 is 4.90 Å². The van der Waals surface area contributed by atoms with Crippen LogP contribution in [-0.4, -0.2) is 17.4 Å². The Bertz CT molecular complexity index is 768. The summed E-state index contributed by atoms with van der Waals surface area (Å²) in [6.07, 6.45) is 0. The molecule has 1 amide bonds. The van der Waals surface area contributed by atoms with Crippen molar-refractivity contribution in [1.82, 2.24) is 0 Å². The van der Waals surface area contributed by atoms with Gasteiger partial charge in [-0.2, -0.15) is 0 Å². The van der Waals surface area contributed by atoms with Gasteiger partial charge in [0.05, 0.1) is 17.8 Å². The van der Waals surface area contributed by atoms with Crippen LogP contribution in [0.15, 0.2) is 65.6 Å². The maximum atomic E-state index is 12.8. The Balaban J connectivity index is 2.04. The van der Waals surface area contributed by atoms with Crippen molar-refractivity contribution in [2.75, 3.05) is 10.7 Å². The lowest BCUT2D eigenvalue weighted by Crippen LogP contribution is -2.39. The van der Waals surface area contributed by atoms with Crippen LogP contribution in [0.2, 0.25) is 0 Å². The topological polar surface area (TPSA) is 37.4 Å². The van der Waals surface area contributed by atoms with Gasteiger partial charge in [0, 0.05) is 5.56 Å². The highest BCUT2D eigenvalue weighted by atomic mass is 32.2. The molecule has 0 fully saturated rings. The average molecular weight is 323 g/mol. The maximum Gasteiger partial charge on any atom is 0.263 e. The zero-order chi connectivity index (χ0) is 16.2. The lowest BCUT2D eigenvalue weighted by molar-refractivity contribution is -0.115. The largest absolute Gasteiger partial charge is 0.303 e. The number of rotatable bonds is 4. The number of para-hydroxylation sites is 1. The molecule has 2 aromatic rings. The van der Waals surface area contributed by atoms with Crippen molar-refractivity contribution in [2.24, 2.45) is 0 Å². The van der Waals surface area contributed by atoms with E-state index in [1.165, 1.54) is 11.8 Å². The molecule has 3 nitrogen and oxygen atoms in total. The van der Waals surface area contributed by atoms with Crippen molar-refractivity contribution in [3.8, 4) is 0 Å². The predicted molar refractivity (Wildman–Crippen MR) is 94.6 cm³/mol. The minimum Gasteiger partial charge on any atom is -0.303 e. The van der Waals surface area contributed by atoms with Gasteiger partial charge in [-0.25, -0.2) is 0 Å². The second kappa shape index (κ2) is 6.84. The first-order valence-electron chi connectivity index (χ1n) is 7.53. The summed E-state index contributed by atoms with van der Waals surface area (Å²) in [5.74, 6) is 0.416. The van der Waals surface area contributed by atoms with Crippen molar-refractivity contribution < 1.29 is 9.59 Å². The first-order valence-corrected chi connectivity index (χ1v) is 8.58. The minimum absolute atomic E-state index is 0.184. The highest BCUT2D eigenvalue weighted by Crippen LogP contribution is 2.32. The van der Waals surface area contributed by atoms with Crippen molar-refractivity contribution in [2.45, 2.75) is 13.5 Å². The summed E-state index contributed by atoms with van der Waals surface area (Å²) >= 11 is 1.47. The zero-order valence-electron chi connectivity index (χ0n) is 12.9. The molecule has 0 saturated heterocycles. The maximum absolute atomic E-state index is 12.8. The smallest absolute Gasteiger partial charge is 0.263 e. The highest BCUT2D eigenvalue weighted by molar-refractivity contribution is 8.02. The molecular weight excluding hydrogens is 306 g/mol. The summed E-state index contributed by atoms with van der Waals surface area (Å²) in [4.78, 5) is 27.1. The number of amides is 1. The summed E-state index contributed by atoms with van der Waals surface area (Å²) in [6, 6.07) is 17.1. The van der Waals surface area contributed by atoms with Gasteiger partial charge in [-0.15, -0.1) is 11.8 Å². The Hall–Kier alpha value is -2.33. The molecule has 2 aromatic carbocycles. The van der Waals surface area contributed by atoms with E-state index in [-0.39, 0.29) is 17.3 Å². The van der Waals surface area contributed by atoms with Gasteiger partial charge in [-0.05, 0) is 28.9 Å². The molecule has 0 spiro atoms. The zero-order valence-corrected chi connectivity index (χ0v) is 13.7. The van der Waals surface area contributed by atoms with Crippen molar-refractivity contribution in [3.05, 3.63) is 76.7 Å². The van der Waals surface area contributed by atoms with E-state index in [0.29, 0.717) is 17.8 Å². The van der Waals surface area contributed by atoms with Gasteiger partial charge in [-0.1, -0.05) is 49.4 Å². The molecule has 0 atom stereocenters. The summed E-state index contributed by atoms with van der Waals surface area (Å²) in [7, 11) is 0. The number of nitrogens with zero attached hydrogens (tertiary/aromatic N) is 1. The molecule has 4 heteroatoms. The van der Waals surface area contributed by atoms with E-state index >= 15 is 0 Å². The van der Waals surface area contributed by atoms with Crippen molar-refractivity contribution in [1.29, 1.82) is 0 Å². The summed E-state index contributed by atoms with van der Waals surface area (Å²) in [5, 5.41) is 1.69. The Morgan fingerprint density at radius 2 is 1.70 bits per heavy atom. The fourth-order valence-electron chi connectivity index (χ4n) is 2.59. The SMILES string of the molecule is CCSC=C1C(=O)c2ccccc2N(Cc2ccccc2)C1=O. The van der Waals surface area contributed by atoms with Crippen molar-refractivity contribution >= 4 is 29.1 Å². The van der Waals surface area contributed by atoms with Gasteiger partial charge in [0.2, 0.25) is 5.78 Å². The minimum atomic E-state index is -0.224. The van der Waals surface area contributed by atoms with Crippen LogP contribution >= 0.6 is 11.8 Å². The number of ketones is 1. The van der Waals surface area contributed by atoms with Gasteiger partial charge < -0.3 is 4.90 Å². The van der Waals surface area contributed by atoms with E-state index in [0.717, 1.165) is 11.3 Å². The fourth-order valence-corrected chi connectivity index (χ4v) is 3.13. The Kier molecular flexibility index (Phi) is 4.63. The number of fused-ring (bicyclic) bond motifs is 1. The van der Waals surface area contributed by atoms with Crippen LogP contribution in [0.25, 0.3) is 0 Å². The first-order chi connectivity index (χ1) is 11.2. The predicted octanol–water partition coefficient (Wildman–Crippen LogP) is 4.05. The van der Waals surface area contributed by atoms with Gasteiger partial charge in [0.25, 0.3) is 5.91 Å². The third-order valence-corrected chi connectivity index (χ3v) is 4.45. The summed E-state index contributed by atoms with van der Waals surface area (Å²) < 4.78 is 0. The molecule has 0 N–H and O–H groups in total. The number of carbonyl (C=O) groups excluding carboxylic acids is 2. The number of hydrogen-bond donors (Lipinski definition) is 0. The molecule has 0 unspecified atom stereocenters. The van der Waals surface area contributed by atoms with Crippen LogP contribution in [0.1, 0.15) is 22.8 Å². The van der Waals surface area contributed by atoms with Crippen LogP contribution in [0.5, 0.6) is 0 Å². The molecule has 116 valence electrons. The van der Waals surface area contributed by atoms with E-state index in [4.69, 9.17) is 0 Å². The van der Waals surface area contributed by atoms with Gasteiger partial charge in [0.15, 0.2) is 0 Å². The van der Waals surface area contributed by atoms with Crippen molar-refractivity contribution in [3.63, 3.8) is 0 Å². The number of carbonyl (C=O) groups is 2. The normalized spacial score (nSPS) is 15.9. The standard InChI is InChI=1S/C19H17NO2S/c1-2-23-13-16-18(21)15-10-6-7-11-17(15)20(19(16)22)12-14-8-4-3-5-9-14/h3-11,13H,2,12H2,1H3. The first kappa shape index (κ1) is 15.6. The lowest BCUT2D eigenvalue weighted by atomic mass is 9.95. The molecule has 0 radical (unpaired) electrons. The molecule has 0 saturated carbocycles. The van der Waals surface area contributed by atoms with Gasteiger partial charge >= 0.3 is 0 Å². The van der Waals surface area contributed by atoms with Crippen LogP contribution in [0, 0.1) is 0 Å². The van der Waals surface area contributed by atoms with E-state index in [1.807, 2.05) is 55.5 Å². The molecule has 1 heterocycles. The molecule has 0 aliphatic carbocycles. The molecule has 1 aliphatic rings. The number of Topliss-reactive ketones (excluding diaryl/α,β-unsaturated/α-hetero) is 1. The Morgan fingerprint density at radius 1 is 1.00 bits per heavy atom. The molecule has 1 aliphatic heterocycles. The fraction of sp³-hybridized carbons (Fsp3) is 0.158. The van der Waals surface area contributed by atoms with Gasteiger partial charge in [0.1, 0.15) is 0 Å². The molecular formula is C19H17NO2S. The van der Waals surface area contributed by atoms with E-state index in [1.54, 1.807) is 16.4 Å².